The molecular formula is C16H22N2O4S. The highest BCUT2D eigenvalue weighted by atomic mass is 32.2. The van der Waals surface area contributed by atoms with Gasteiger partial charge in [0.15, 0.2) is 0 Å². The van der Waals surface area contributed by atoms with E-state index < -0.39 is 22.0 Å². The van der Waals surface area contributed by atoms with Crippen molar-refractivity contribution >= 4 is 16.0 Å². The fourth-order valence-corrected chi connectivity index (χ4v) is 5.55. The smallest absolute Gasteiger partial charge is 0.322 e. The zero-order chi connectivity index (χ0) is 16.6. The summed E-state index contributed by atoms with van der Waals surface area (Å²) in [6, 6.07) is 6.52. The second kappa shape index (κ2) is 6.22. The van der Waals surface area contributed by atoms with E-state index in [2.05, 4.69) is 0 Å². The summed E-state index contributed by atoms with van der Waals surface area (Å²) < 4.78 is 31.7. The number of fused-ring (bicyclic) bond motifs is 1. The maximum absolute atomic E-state index is 12.7. The molecule has 1 aliphatic carbocycles. The molecule has 1 aliphatic heterocycles. The Labute approximate surface area is 136 Å². The molecule has 0 unspecified atom stereocenters. The third kappa shape index (κ3) is 2.88. The van der Waals surface area contributed by atoms with Crippen molar-refractivity contribution in [2.75, 3.05) is 7.11 Å². The van der Waals surface area contributed by atoms with E-state index in [0.717, 1.165) is 31.2 Å². The van der Waals surface area contributed by atoms with Gasteiger partial charge in [-0.05, 0) is 43.2 Å². The molecule has 6 nitrogen and oxygen atoms in total. The number of nitrogens with two attached hydrogens (primary N) is 1. The standard InChI is InChI=1S/C16H22N2O4S/c1-22-16(19)15(17)11-6-8-13(9-7-11)18-10-12-4-2-3-5-14(12)23(18,20)21/h2-5,11,13,15H,6-10,17H2,1H3/t11-,13-,15-/m0/s1. The van der Waals surface area contributed by atoms with Crippen LogP contribution in [-0.2, 0) is 26.1 Å². The van der Waals surface area contributed by atoms with Crippen LogP contribution in [0.2, 0.25) is 0 Å². The SMILES string of the molecule is COC(=O)[C@@H](N)[C@H]1CC[C@H](N2Cc3ccccc3S2(=O)=O)CC1. The lowest BCUT2D eigenvalue weighted by molar-refractivity contribution is -0.143. The highest BCUT2D eigenvalue weighted by molar-refractivity contribution is 7.89. The van der Waals surface area contributed by atoms with E-state index in [4.69, 9.17) is 10.5 Å². The third-order valence-corrected chi connectivity index (χ3v) is 7.01. The predicted molar refractivity (Wildman–Crippen MR) is 84.9 cm³/mol. The Morgan fingerprint density at radius 1 is 1.26 bits per heavy atom. The molecule has 0 spiro atoms. The van der Waals surface area contributed by atoms with Crippen molar-refractivity contribution in [1.82, 2.24) is 4.31 Å². The van der Waals surface area contributed by atoms with E-state index in [1.165, 1.54) is 7.11 Å². The largest absolute Gasteiger partial charge is 0.468 e. The second-order valence-corrected chi connectivity index (χ2v) is 8.13. The van der Waals surface area contributed by atoms with Gasteiger partial charge in [-0.25, -0.2) is 8.42 Å². The van der Waals surface area contributed by atoms with E-state index in [1.54, 1.807) is 16.4 Å². The molecule has 0 bridgehead atoms. The van der Waals surface area contributed by atoms with Crippen molar-refractivity contribution in [2.45, 2.75) is 49.2 Å². The van der Waals surface area contributed by atoms with Crippen LogP contribution in [0.1, 0.15) is 31.2 Å². The molecule has 2 N–H and O–H groups in total. The number of ether oxygens (including phenoxy) is 1. The zero-order valence-corrected chi connectivity index (χ0v) is 14.0. The topological polar surface area (TPSA) is 89.7 Å². The van der Waals surface area contributed by atoms with Crippen molar-refractivity contribution in [1.29, 1.82) is 0 Å². The zero-order valence-electron chi connectivity index (χ0n) is 13.1. The lowest BCUT2D eigenvalue weighted by Gasteiger charge is -2.35. The van der Waals surface area contributed by atoms with Gasteiger partial charge in [-0.15, -0.1) is 0 Å². The molecule has 1 heterocycles. The molecule has 1 fully saturated rings. The number of methoxy groups -OCH3 is 1. The van der Waals surface area contributed by atoms with E-state index >= 15 is 0 Å². The molecule has 0 amide bonds. The molecule has 1 atom stereocenters. The first-order valence-electron chi connectivity index (χ1n) is 7.88. The van der Waals surface area contributed by atoms with Crippen LogP contribution < -0.4 is 5.73 Å². The lowest BCUT2D eigenvalue weighted by Crippen LogP contribution is -2.44. The van der Waals surface area contributed by atoms with Crippen molar-refractivity contribution in [3.8, 4) is 0 Å². The molecule has 2 aliphatic rings. The van der Waals surface area contributed by atoms with Gasteiger partial charge >= 0.3 is 5.97 Å². The second-order valence-electron chi connectivity index (χ2n) is 6.28. The minimum atomic E-state index is -3.39. The van der Waals surface area contributed by atoms with Crippen molar-refractivity contribution < 1.29 is 17.9 Å². The van der Waals surface area contributed by atoms with Crippen LogP contribution in [0, 0.1) is 5.92 Å². The first-order valence-corrected chi connectivity index (χ1v) is 9.32. The van der Waals surface area contributed by atoms with E-state index in [9.17, 15) is 13.2 Å². The van der Waals surface area contributed by atoms with E-state index in [-0.39, 0.29) is 12.0 Å². The van der Waals surface area contributed by atoms with Crippen LogP contribution in [0.4, 0.5) is 0 Å². The Hall–Kier alpha value is -1.44. The Kier molecular flexibility index (Phi) is 4.44. The Morgan fingerprint density at radius 2 is 1.91 bits per heavy atom. The van der Waals surface area contributed by atoms with Crippen molar-refractivity contribution in [3.05, 3.63) is 29.8 Å². The maximum Gasteiger partial charge on any atom is 0.322 e. The van der Waals surface area contributed by atoms with Crippen LogP contribution >= 0.6 is 0 Å². The summed E-state index contributed by atoms with van der Waals surface area (Å²) in [5.74, 6) is -0.332. The molecule has 0 radical (unpaired) electrons. The number of rotatable bonds is 3. The highest BCUT2D eigenvalue weighted by Crippen LogP contribution is 2.37. The van der Waals surface area contributed by atoms with E-state index in [1.807, 2.05) is 12.1 Å². The number of benzene rings is 1. The Balaban J connectivity index is 1.69. The van der Waals surface area contributed by atoms with Crippen LogP contribution in [0.25, 0.3) is 0 Å². The fraction of sp³-hybridized carbons (Fsp3) is 0.562. The van der Waals surface area contributed by atoms with Gasteiger partial charge in [0.05, 0.1) is 12.0 Å². The summed E-state index contributed by atoms with van der Waals surface area (Å²) in [4.78, 5) is 12.0. The monoisotopic (exact) mass is 338 g/mol. The lowest BCUT2D eigenvalue weighted by atomic mass is 9.81. The highest BCUT2D eigenvalue weighted by Gasteiger charge is 2.41. The van der Waals surface area contributed by atoms with Gasteiger partial charge < -0.3 is 10.5 Å². The number of hydrogen-bond acceptors (Lipinski definition) is 5. The first-order chi connectivity index (χ1) is 10.9. The summed E-state index contributed by atoms with van der Waals surface area (Å²) in [6.45, 7) is 0.441. The molecule has 0 saturated heterocycles. The van der Waals surface area contributed by atoms with Gasteiger partial charge in [-0.2, -0.15) is 4.31 Å². The average Bonchev–Trinajstić information content (AvgIpc) is 2.85. The predicted octanol–water partition coefficient (Wildman–Crippen LogP) is 1.25. The molecule has 1 aromatic carbocycles. The van der Waals surface area contributed by atoms with Crippen LogP contribution in [-0.4, -0.2) is 37.9 Å². The van der Waals surface area contributed by atoms with Crippen LogP contribution in [0.3, 0.4) is 0 Å². The number of carbonyl (C=O) groups excluding carboxylic acids is 1. The quantitative estimate of drug-likeness (QED) is 0.838. The number of hydrogen-bond donors (Lipinski definition) is 1. The van der Waals surface area contributed by atoms with Gasteiger partial charge in [0.25, 0.3) is 0 Å². The summed E-state index contributed by atoms with van der Waals surface area (Å²) in [5, 5.41) is 0. The van der Waals surface area contributed by atoms with E-state index in [0.29, 0.717) is 11.4 Å². The van der Waals surface area contributed by atoms with Gasteiger partial charge in [-0.1, -0.05) is 18.2 Å². The van der Waals surface area contributed by atoms with Crippen LogP contribution in [0.15, 0.2) is 29.2 Å². The van der Waals surface area contributed by atoms with Gasteiger partial charge in [0.1, 0.15) is 6.04 Å². The Bertz CT molecular complexity index is 696. The molecule has 3 rings (SSSR count). The maximum atomic E-state index is 12.7. The number of sulfonamides is 1. The Morgan fingerprint density at radius 3 is 2.52 bits per heavy atom. The minimum Gasteiger partial charge on any atom is -0.468 e. The third-order valence-electron chi connectivity index (χ3n) is 5.02. The van der Waals surface area contributed by atoms with Gasteiger partial charge in [0.2, 0.25) is 10.0 Å². The molecule has 126 valence electrons. The van der Waals surface area contributed by atoms with Crippen molar-refractivity contribution in [2.24, 2.45) is 11.7 Å². The molecule has 0 aromatic heterocycles. The molecule has 1 aromatic rings. The summed E-state index contributed by atoms with van der Waals surface area (Å²) in [6.07, 6.45) is 2.93. The van der Waals surface area contributed by atoms with Gasteiger partial charge in [-0.3, -0.25) is 4.79 Å². The number of carbonyl (C=O) groups is 1. The summed E-state index contributed by atoms with van der Waals surface area (Å²) >= 11 is 0. The first kappa shape index (κ1) is 16.4. The summed E-state index contributed by atoms with van der Waals surface area (Å²) in [5.41, 5.74) is 6.78. The van der Waals surface area contributed by atoms with Crippen LogP contribution in [0.5, 0.6) is 0 Å². The average molecular weight is 338 g/mol. The number of esters is 1. The van der Waals surface area contributed by atoms with Crippen molar-refractivity contribution in [3.63, 3.8) is 0 Å². The minimum absolute atomic E-state index is 0.0199. The van der Waals surface area contributed by atoms with Gasteiger partial charge in [0, 0.05) is 12.6 Å². The number of nitrogens with zero attached hydrogens (tertiary/aromatic N) is 1. The molecule has 23 heavy (non-hydrogen) atoms. The molecule has 1 saturated carbocycles. The normalized spacial score (nSPS) is 28.1. The molecular weight excluding hydrogens is 316 g/mol. The fourth-order valence-electron chi connectivity index (χ4n) is 3.67. The summed E-state index contributed by atoms with van der Waals surface area (Å²) in [7, 11) is -2.06. The molecule has 7 heteroatoms.